The van der Waals surface area contributed by atoms with E-state index in [1.807, 2.05) is 6.07 Å². The first kappa shape index (κ1) is 16.5. The normalized spacial score (nSPS) is 10.3. The molecule has 3 nitrogen and oxygen atoms in total. The summed E-state index contributed by atoms with van der Waals surface area (Å²) in [5.74, 6) is 0. The maximum atomic E-state index is 5.97. The molecular formula is C13H19Cl2N3S. The van der Waals surface area contributed by atoms with Crippen LogP contribution in [0.4, 0.5) is 5.69 Å². The molecule has 0 radical (unpaired) electrons. The second kappa shape index (κ2) is 8.59. The SMILES string of the molecule is CCNCCN(CC)C(=S)Nc1ccc(Cl)c(Cl)c1. The molecule has 2 N–H and O–H groups in total. The van der Waals surface area contributed by atoms with Crippen molar-refractivity contribution in [1.29, 1.82) is 0 Å². The van der Waals surface area contributed by atoms with Gasteiger partial charge in [-0.1, -0.05) is 30.1 Å². The highest BCUT2D eigenvalue weighted by molar-refractivity contribution is 7.80. The summed E-state index contributed by atoms with van der Waals surface area (Å²) in [6.45, 7) is 7.77. The number of halogens is 2. The van der Waals surface area contributed by atoms with Gasteiger partial charge in [-0.3, -0.25) is 0 Å². The van der Waals surface area contributed by atoms with E-state index in [1.54, 1.807) is 12.1 Å². The van der Waals surface area contributed by atoms with Crippen molar-refractivity contribution in [1.82, 2.24) is 10.2 Å². The largest absolute Gasteiger partial charge is 0.348 e. The van der Waals surface area contributed by atoms with E-state index in [4.69, 9.17) is 35.4 Å². The van der Waals surface area contributed by atoms with E-state index in [0.29, 0.717) is 15.2 Å². The number of benzene rings is 1. The van der Waals surface area contributed by atoms with Gasteiger partial charge in [-0.05, 0) is 43.9 Å². The van der Waals surface area contributed by atoms with E-state index < -0.39 is 0 Å². The van der Waals surface area contributed by atoms with Gasteiger partial charge >= 0.3 is 0 Å². The summed E-state index contributed by atoms with van der Waals surface area (Å²) in [7, 11) is 0. The van der Waals surface area contributed by atoms with Crippen molar-refractivity contribution in [3.63, 3.8) is 0 Å². The summed E-state index contributed by atoms with van der Waals surface area (Å²) in [4.78, 5) is 2.10. The van der Waals surface area contributed by atoms with Gasteiger partial charge in [-0.15, -0.1) is 0 Å². The minimum Gasteiger partial charge on any atom is -0.348 e. The van der Waals surface area contributed by atoms with Gasteiger partial charge in [-0.2, -0.15) is 0 Å². The van der Waals surface area contributed by atoms with Gasteiger partial charge < -0.3 is 15.5 Å². The molecule has 0 heterocycles. The molecule has 0 aromatic heterocycles. The van der Waals surface area contributed by atoms with Crippen molar-refractivity contribution in [2.24, 2.45) is 0 Å². The standard InChI is InChI=1S/C13H19Cl2N3S/c1-3-16-7-8-18(4-2)13(19)17-10-5-6-11(14)12(15)9-10/h5-6,9,16H,3-4,7-8H2,1-2H3,(H,17,19). The Morgan fingerprint density at radius 3 is 2.58 bits per heavy atom. The van der Waals surface area contributed by atoms with Crippen LogP contribution in [0, 0.1) is 0 Å². The monoisotopic (exact) mass is 319 g/mol. The van der Waals surface area contributed by atoms with Gasteiger partial charge in [0.1, 0.15) is 0 Å². The highest BCUT2D eigenvalue weighted by Crippen LogP contribution is 2.25. The number of likely N-dealkylation sites (N-methyl/N-ethyl adjacent to an activating group) is 2. The number of thiocarbonyl (C=S) groups is 1. The van der Waals surface area contributed by atoms with Crippen LogP contribution in [-0.4, -0.2) is 36.2 Å². The first-order valence-electron chi connectivity index (χ1n) is 6.30. The molecule has 0 saturated carbocycles. The Hall–Kier alpha value is -0.550. The fourth-order valence-electron chi connectivity index (χ4n) is 1.57. The third kappa shape index (κ3) is 5.53. The molecule has 0 unspecified atom stereocenters. The van der Waals surface area contributed by atoms with Crippen LogP contribution in [0.3, 0.4) is 0 Å². The number of anilines is 1. The molecule has 0 aliphatic heterocycles. The summed E-state index contributed by atoms with van der Waals surface area (Å²) in [5, 5.41) is 8.21. The minimum atomic E-state index is 0.519. The van der Waals surface area contributed by atoms with E-state index in [9.17, 15) is 0 Å². The van der Waals surface area contributed by atoms with Gasteiger partial charge in [0.2, 0.25) is 0 Å². The van der Waals surface area contributed by atoms with Crippen LogP contribution < -0.4 is 10.6 Å². The Labute approximate surface area is 130 Å². The first-order chi connectivity index (χ1) is 9.08. The molecule has 0 spiro atoms. The zero-order valence-corrected chi connectivity index (χ0v) is 13.5. The predicted octanol–water partition coefficient (Wildman–Crippen LogP) is 3.62. The number of hydrogen-bond donors (Lipinski definition) is 2. The summed E-state index contributed by atoms with van der Waals surface area (Å²) < 4.78 is 0. The average Bonchev–Trinajstić information content (AvgIpc) is 2.39. The van der Waals surface area contributed by atoms with Gasteiger partial charge in [0, 0.05) is 25.3 Å². The molecule has 0 fully saturated rings. The second-order valence-electron chi connectivity index (χ2n) is 3.99. The molecule has 19 heavy (non-hydrogen) atoms. The van der Waals surface area contributed by atoms with E-state index in [0.717, 1.165) is 31.9 Å². The topological polar surface area (TPSA) is 27.3 Å². The zero-order chi connectivity index (χ0) is 14.3. The lowest BCUT2D eigenvalue weighted by Crippen LogP contribution is -2.39. The molecule has 0 atom stereocenters. The molecule has 0 saturated heterocycles. The third-order valence-corrected chi connectivity index (χ3v) is 3.75. The maximum Gasteiger partial charge on any atom is 0.173 e. The minimum absolute atomic E-state index is 0.519. The fourth-order valence-corrected chi connectivity index (χ4v) is 2.21. The molecule has 0 amide bonds. The van der Waals surface area contributed by atoms with Crippen LogP contribution in [-0.2, 0) is 0 Å². The van der Waals surface area contributed by atoms with Crippen LogP contribution >= 0.6 is 35.4 Å². The molecule has 1 aromatic rings. The lowest BCUT2D eigenvalue weighted by molar-refractivity contribution is 0.438. The molecule has 1 rings (SSSR count). The zero-order valence-electron chi connectivity index (χ0n) is 11.2. The summed E-state index contributed by atoms with van der Waals surface area (Å²) in [6, 6.07) is 5.39. The predicted molar refractivity (Wildman–Crippen MR) is 88.5 cm³/mol. The number of hydrogen-bond acceptors (Lipinski definition) is 2. The fraction of sp³-hybridized carbons (Fsp3) is 0.462. The molecule has 0 bridgehead atoms. The molecular weight excluding hydrogens is 301 g/mol. The number of rotatable bonds is 6. The lowest BCUT2D eigenvalue weighted by Gasteiger charge is -2.24. The lowest BCUT2D eigenvalue weighted by atomic mass is 10.3. The Morgan fingerprint density at radius 2 is 2.00 bits per heavy atom. The highest BCUT2D eigenvalue weighted by atomic mass is 35.5. The first-order valence-corrected chi connectivity index (χ1v) is 7.46. The van der Waals surface area contributed by atoms with Crippen LogP contribution in [0.15, 0.2) is 18.2 Å². The Bertz CT molecular complexity index is 426. The third-order valence-electron chi connectivity index (χ3n) is 2.65. The van der Waals surface area contributed by atoms with Crippen molar-refractivity contribution in [3.8, 4) is 0 Å². The molecule has 0 aliphatic carbocycles. The van der Waals surface area contributed by atoms with E-state index in [-0.39, 0.29) is 0 Å². The van der Waals surface area contributed by atoms with Crippen LogP contribution in [0.25, 0.3) is 0 Å². The van der Waals surface area contributed by atoms with Crippen molar-refractivity contribution < 1.29 is 0 Å². The van der Waals surface area contributed by atoms with E-state index in [2.05, 4.69) is 29.4 Å². The molecule has 0 aliphatic rings. The van der Waals surface area contributed by atoms with Crippen molar-refractivity contribution in [3.05, 3.63) is 28.2 Å². The van der Waals surface area contributed by atoms with Crippen LogP contribution in [0.2, 0.25) is 10.0 Å². The van der Waals surface area contributed by atoms with Gasteiger partial charge in [0.15, 0.2) is 5.11 Å². The van der Waals surface area contributed by atoms with Crippen LogP contribution in [0.5, 0.6) is 0 Å². The average molecular weight is 320 g/mol. The van der Waals surface area contributed by atoms with Crippen molar-refractivity contribution in [2.75, 3.05) is 31.5 Å². The Morgan fingerprint density at radius 1 is 1.26 bits per heavy atom. The molecule has 6 heteroatoms. The van der Waals surface area contributed by atoms with E-state index >= 15 is 0 Å². The van der Waals surface area contributed by atoms with Crippen LogP contribution in [0.1, 0.15) is 13.8 Å². The summed E-state index contributed by atoms with van der Waals surface area (Å²) in [5.41, 5.74) is 0.848. The Kier molecular flexibility index (Phi) is 7.46. The quantitative estimate of drug-likeness (QED) is 0.618. The van der Waals surface area contributed by atoms with E-state index in [1.165, 1.54) is 0 Å². The van der Waals surface area contributed by atoms with Gasteiger partial charge in [0.25, 0.3) is 0 Å². The second-order valence-corrected chi connectivity index (χ2v) is 5.19. The van der Waals surface area contributed by atoms with Crippen molar-refractivity contribution >= 4 is 46.2 Å². The number of nitrogens with zero attached hydrogens (tertiary/aromatic N) is 1. The molecule has 106 valence electrons. The number of nitrogens with one attached hydrogen (secondary N) is 2. The maximum absolute atomic E-state index is 5.97. The smallest absolute Gasteiger partial charge is 0.173 e. The molecule has 1 aromatic carbocycles. The van der Waals surface area contributed by atoms with Crippen molar-refractivity contribution in [2.45, 2.75) is 13.8 Å². The Balaban J connectivity index is 2.58. The summed E-state index contributed by atoms with van der Waals surface area (Å²) in [6.07, 6.45) is 0. The van der Waals surface area contributed by atoms with Gasteiger partial charge in [0.05, 0.1) is 10.0 Å². The highest BCUT2D eigenvalue weighted by Gasteiger charge is 2.08. The summed E-state index contributed by atoms with van der Waals surface area (Å²) >= 11 is 17.2. The van der Waals surface area contributed by atoms with Gasteiger partial charge in [-0.25, -0.2) is 0 Å².